The van der Waals surface area contributed by atoms with Crippen molar-refractivity contribution in [3.05, 3.63) is 65.2 Å². The van der Waals surface area contributed by atoms with Crippen LogP contribution < -0.4 is 4.90 Å². The molecule has 0 radical (unpaired) electrons. The van der Waals surface area contributed by atoms with Crippen LogP contribution in [0.4, 0.5) is 27.6 Å². The van der Waals surface area contributed by atoms with Crippen molar-refractivity contribution < 1.29 is 31.5 Å². The summed E-state index contributed by atoms with van der Waals surface area (Å²) in [6, 6.07) is 9.41. The smallest absolute Gasteiger partial charge is 0.416 e. The van der Waals surface area contributed by atoms with E-state index in [2.05, 4.69) is 4.90 Å². The van der Waals surface area contributed by atoms with Gasteiger partial charge in [-0.15, -0.1) is 0 Å². The minimum Gasteiger partial charge on any atom is -0.469 e. The number of anilines is 1. The maximum atomic E-state index is 14.2. The van der Waals surface area contributed by atoms with E-state index in [1.807, 2.05) is 9.80 Å². The number of piperazine rings is 1. The molecular weight excluding hydrogens is 493 g/mol. The summed E-state index contributed by atoms with van der Waals surface area (Å²) < 4.78 is 72.7. The van der Waals surface area contributed by atoms with Crippen LogP contribution in [0.2, 0.25) is 0 Å². The second kappa shape index (κ2) is 11.8. The highest BCUT2D eigenvalue weighted by atomic mass is 19.4. The van der Waals surface area contributed by atoms with E-state index in [0.29, 0.717) is 51.4 Å². The Morgan fingerprint density at radius 1 is 1.00 bits per heavy atom. The van der Waals surface area contributed by atoms with Gasteiger partial charge in [0.25, 0.3) is 0 Å². The van der Waals surface area contributed by atoms with Crippen molar-refractivity contribution in [1.29, 1.82) is 0 Å². The van der Waals surface area contributed by atoms with E-state index < -0.39 is 23.4 Å². The molecule has 0 aromatic heterocycles. The average molecular weight is 526 g/mol. The monoisotopic (exact) mass is 525 g/mol. The fraction of sp³-hybridized carbons (Fsp3) is 0.519. The molecule has 2 aromatic carbocycles. The van der Waals surface area contributed by atoms with E-state index in [1.54, 1.807) is 6.07 Å². The van der Waals surface area contributed by atoms with E-state index in [-0.39, 0.29) is 36.5 Å². The van der Waals surface area contributed by atoms with Gasteiger partial charge in [-0.25, -0.2) is 8.78 Å². The van der Waals surface area contributed by atoms with Crippen LogP contribution in [0.5, 0.6) is 0 Å². The fourth-order valence-corrected chi connectivity index (χ4v) is 5.51. The first-order valence-corrected chi connectivity index (χ1v) is 12.5. The number of carbonyl (C=O) groups is 1. The number of rotatable bonds is 7. The number of esters is 1. The number of piperidine rings is 1. The molecule has 4 rings (SSSR count). The van der Waals surface area contributed by atoms with Crippen LogP contribution >= 0.6 is 0 Å². The molecule has 10 heteroatoms. The molecule has 0 spiro atoms. The molecule has 2 atom stereocenters. The third kappa shape index (κ3) is 6.78. The zero-order valence-corrected chi connectivity index (χ0v) is 20.8. The van der Waals surface area contributed by atoms with E-state index in [9.17, 15) is 26.7 Å². The largest absolute Gasteiger partial charge is 0.469 e. The Kier molecular flexibility index (Phi) is 8.69. The lowest BCUT2D eigenvalue weighted by atomic mass is 9.86. The normalized spacial score (nSPS) is 21.7. The van der Waals surface area contributed by atoms with E-state index in [1.165, 1.54) is 37.4 Å². The molecule has 202 valence electrons. The molecule has 0 N–H and O–H groups in total. The average Bonchev–Trinajstić information content (AvgIpc) is 2.89. The highest BCUT2D eigenvalue weighted by Crippen LogP contribution is 2.33. The molecular formula is C27H32F5N3O2. The molecule has 0 aliphatic carbocycles. The van der Waals surface area contributed by atoms with Crippen molar-refractivity contribution in [3.63, 3.8) is 0 Å². The van der Waals surface area contributed by atoms with Crippen molar-refractivity contribution in [3.8, 4) is 0 Å². The highest BCUT2D eigenvalue weighted by Gasteiger charge is 2.36. The Morgan fingerprint density at radius 2 is 1.68 bits per heavy atom. The Labute approximate surface area is 213 Å². The molecule has 2 aliphatic heterocycles. The molecule has 5 nitrogen and oxygen atoms in total. The maximum absolute atomic E-state index is 14.2. The predicted molar refractivity (Wildman–Crippen MR) is 130 cm³/mol. The molecule has 0 unspecified atom stereocenters. The molecule has 2 heterocycles. The number of nitrogens with zero attached hydrogens (tertiary/aromatic N) is 3. The standard InChI is InChI=1S/C27H32F5N3O2/c1-37-26(36)9-8-19-17-33(18-22-23(28)6-3-7-24(22)29)11-10-25(19)35-14-12-34(13-15-35)21-5-2-4-20(16-21)27(30,31)32/h2-7,16,19,25H,8-15,17-18H2,1H3/t19-,25+/m1/s1. The van der Waals surface area contributed by atoms with E-state index >= 15 is 0 Å². The predicted octanol–water partition coefficient (Wildman–Crippen LogP) is 4.95. The SMILES string of the molecule is COC(=O)CC[C@@H]1CN(Cc2c(F)cccc2F)CC[C@@H]1N1CCN(c2cccc(C(F)(F)F)c2)CC1. The zero-order valence-electron chi connectivity index (χ0n) is 20.8. The number of ether oxygens (including phenoxy) is 1. The van der Waals surface area contributed by atoms with Crippen molar-refractivity contribution in [1.82, 2.24) is 9.80 Å². The van der Waals surface area contributed by atoms with Crippen molar-refractivity contribution in [2.24, 2.45) is 5.92 Å². The van der Waals surface area contributed by atoms with Gasteiger partial charge in [0.15, 0.2) is 0 Å². The number of halogens is 5. The Bertz CT molecular complexity index is 1050. The van der Waals surface area contributed by atoms with E-state index in [0.717, 1.165) is 12.5 Å². The molecule has 2 aliphatic rings. The molecule has 37 heavy (non-hydrogen) atoms. The number of hydrogen-bond donors (Lipinski definition) is 0. The van der Waals surface area contributed by atoms with Gasteiger partial charge in [0, 0.05) is 69.5 Å². The fourth-order valence-electron chi connectivity index (χ4n) is 5.51. The Hall–Kier alpha value is -2.72. The second-order valence-electron chi connectivity index (χ2n) is 9.74. The van der Waals surface area contributed by atoms with Crippen LogP contribution in [-0.2, 0) is 22.3 Å². The minimum absolute atomic E-state index is 0.0439. The zero-order chi connectivity index (χ0) is 26.6. The van der Waals surface area contributed by atoms with Crippen molar-refractivity contribution >= 4 is 11.7 Å². The van der Waals surface area contributed by atoms with Gasteiger partial charge in [0.2, 0.25) is 0 Å². The molecule has 0 saturated carbocycles. The minimum atomic E-state index is -4.38. The quantitative estimate of drug-likeness (QED) is 0.378. The first-order valence-electron chi connectivity index (χ1n) is 12.5. The summed E-state index contributed by atoms with van der Waals surface area (Å²) in [4.78, 5) is 18.2. The van der Waals surface area contributed by atoms with Crippen molar-refractivity contribution in [2.45, 2.75) is 38.0 Å². The second-order valence-corrected chi connectivity index (χ2v) is 9.74. The van der Waals surface area contributed by atoms with Crippen LogP contribution in [0, 0.1) is 17.6 Å². The van der Waals surface area contributed by atoms with Crippen LogP contribution in [0.1, 0.15) is 30.4 Å². The van der Waals surface area contributed by atoms with Crippen molar-refractivity contribution in [2.75, 3.05) is 51.3 Å². The van der Waals surface area contributed by atoms with Gasteiger partial charge in [0.05, 0.1) is 12.7 Å². The molecule has 2 aromatic rings. The topological polar surface area (TPSA) is 36.0 Å². The number of benzene rings is 2. The number of alkyl halides is 3. The Balaban J connectivity index is 1.41. The van der Waals surface area contributed by atoms with E-state index in [4.69, 9.17) is 4.74 Å². The summed E-state index contributed by atoms with van der Waals surface area (Å²) in [6.07, 6.45) is -2.78. The number of hydrogen-bond acceptors (Lipinski definition) is 5. The van der Waals surface area contributed by atoms with Gasteiger partial charge >= 0.3 is 12.1 Å². The third-order valence-corrected chi connectivity index (χ3v) is 7.49. The van der Waals surface area contributed by atoms with Crippen LogP contribution in [0.25, 0.3) is 0 Å². The summed E-state index contributed by atoms with van der Waals surface area (Å²) in [7, 11) is 1.35. The number of methoxy groups -OCH3 is 1. The van der Waals surface area contributed by atoms with Gasteiger partial charge < -0.3 is 9.64 Å². The third-order valence-electron chi connectivity index (χ3n) is 7.49. The molecule has 2 saturated heterocycles. The lowest BCUT2D eigenvalue weighted by Crippen LogP contribution is -2.56. The summed E-state index contributed by atoms with van der Waals surface area (Å²) in [5.41, 5.74) is -0.0604. The lowest BCUT2D eigenvalue weighted by Gasteiger charge is -2.47. The molecule has 0 bridgehead atoms. The Morgan fingerprint density at radius 3 is 2.32 bits per heavy atom. The summed E-state index contributed by atoms with van der Waals surface area (Å²) in [5, 5.41) is 0. The van der Waals surface area contributed by atoms with Crippen LogP contribution in [0.3, 0.4) is 0 Å². The van der Waals surface area contributed by atoms with Gasteiger partial charge in [-0.2, -0.15) is 13.2 Å². The maximum Gasteiger partial charge on any atom is 0.416 e. The van der Waals surface area contributed by atoms with Gasteiger partial charge in [-0.05, 0) is 49.1 Å². The number of likely N-dealkylation sites (tertiary alicyclic amines) is 1. The van der Waals surface area contributed by atoms with Crippen LogP contribution in [-0.4, -0.2) is 68.2 Å². The number of carbonyl (C=O) groups excluding carboxylic acids is 1. The van der Waals surface area contributed by atoms with Gasteiger partial charge in [-0.3, -0.25) is 14.6 Å². The first kappa shape index (κ1) is 27.3. The molecule has 2 fully saturated rings. The molecule has 0 amide bonds. The first-order chi connectivity index (χ1) is 17.7. The van der Waals surface area contributed by atoms with Gasteiger partial charge in [-0.1, -0.05) is 12.1 Å². The lowest BCUT2D eigenvalue weighted by molar-refractivity contribution is -0.141. The summed E-state index contributed by atoms with van der Waals surface area (Å²) in [6.45, 7) is 3.93. The summed E-state index contributed by atoms with van der Waals surface area (Å²) in [5.74, 6) is -1.36. The van der Waals surface area contributed by atoms with Gasteiger partial charge in [0.1, 0.15) is 11.6 Å². The summed E-state index contributed by atoms with van der Waals surface area (Å²) >= 11 is 0. The van der Waals surface area contributed by atoms with Crippen LogP contribution in [0.15, 0.2) is 42.5 Å². The highest BCUT2D eigenvalue weighted by molar-refractivity contribution is 5.69.